The van der Waals surface area contributed by atoms with Crippen molar-refractivity contribution in [3.05, 3.63) is 94.7 Å². The van der Waals surface area contributed by atoms with Crippen LogP contribution in [0.4, 0.5) is 19.3 Å². The van der Waals surface area contributed by atoms with Crippen LogP contribution in [0.1, 0.15) is 40.9 Å². The summed E-state index contributed by atoms with van der Waals surface area (Å²) in [7, 11) is 0. The molecule has 0 aliphatic heterocycles. The summed E-state index contributed by atoms with van der Waals surface area (Å²) in [5, 5.41) is 3.31. The number of halogens is 2. The molecule has 1 aromatic heterocycles. The molecule has 0 spiro atoms. The lowest BCUT2D eigenvalue weighted by Crippen LogP contribution is -2.33. The van der Waals surface area contributed by atoms with E-state index in [1.165, 1.54) is 4.90 Å². The first-order valence-corrected chi connectivity index (χ1v) is 12.1. The molecule has 1 heterocycles. The van der Waals surface area contributed by atoms with Gasteiger partial charge in [0.2, 0.25) is 0 Å². The first-order valence-electron chi connectivity index (χ1n) is 12.1. The summed E-state index contributed by atoms with van der Waals surface area (Å²) in [6.07, 6.45) is 1.31. The minimum absolute atomic E-state index is 0.129. The first-order chi connectivity index (χ1) is 17.7. The topological polar surface area (TPSA) is 63.6 Å². The van der Waals surface area contributed by atoms with E-state index < -0.39 is 23.6 Å². The lowest BCUT2D eigenvalue weighted by molar-refractivity contribution is 0.102. The van der Waals surface area contributed by atoms with Crippen molar-refractivity contribution in [2.75, 3.05) is 18.4 Å². The number of nitrogens with one attached hydrogen (secondary N) is 1. The Kier molecular flexibility index (Phi) is 7.57. The highest BCUT2D eigenvalue weighted by Gasteiger charge is 2.21. The fourth-order valence-corrected chi connectivity index (χ4v) is 4.46. The molecule has 0 atom stereocenters. The van der Waals surface area contributed by atoms with E-state index in [-0.39, 0.29) is 17.0 Å². The second-order valence-electron chi connectivity index (χ2n) is 8.93. The minimum atomic E-state index is -0.987. The summed E-state index contributed by atoms with van der Waals surface area (Å²) in [5.74, 6) is -2.43. The van der Waals surface area contributed by atoms with Crippen LogP contribution in [0, 0.1) is 25.5 Å². The zero-order chi connectivity index (χ0) is 26.7. The molecule has 4 rings (SSSR count). The molecule has 0 radical (unpaired) electrons. The standard InChI is InChI=1S/C29H29F2N3O3/c1-5-33(6-2)29(36)37-26-10-9-25-23(11-12-34(25)17-20-14-18(3)13-19(4)15-20)27(26)32-28(35)22-8-7-21(30)16-24(22)31/h7-16H,5-6,17H2,1-4H3,(H,32,35). The summed E-state index contributed by atoms with van der Waals surface area (Å²) in [6, 6.07) is 14.3. The number of amides is 2. The summed E-state index contributed by atoms with van der Waals surface area (Å²) >= 11 is 0. The minimum Gasteiger partial charge on any atom is -0.408 e. The van der Waals surface area contributed by atoms with Crippen LogP contribution in [-0.2, 0) is 6.54 Å². The average molecular weight is 506 g/mol. The number of fused-ring (bicyclic) bond motifs is 1. The summed E-state index contributed by atoms with van der Waals surface area (Å²) in [5.41, 5.74) is 4.13. The molecule has 6 nitrogen and oxygen atoms in total. The van der Waals surface area contributed by atoms with Crippen LogP contribution in [0.15, 0.2) is 60.8 Å². The van der Waals surface area contributed by atoms with Gasteiger partial charge in [0.05, 0.1) is 16.8 Å². The molecule has 0 fully saturated rings. The Hall–Kier alpha value is -4.20. The zero-order valence-corrected chi connectivity index (χ0v) is 21.3. The molecule has 4 aromatic rings. The predicted molar refractivity (Wildman–Crippen MR) is 140 cm³/mol. The van der Waals surface area contributed by atoms with Crippen LogP contribution in [0.25, 0.3) is 10.9 Å². The Labute approximate surface area is 214 Å². The molecule has 0 aliphatic rings. The number of carbonyl (C=O) groups excluding carboxylic acids is 2. The van der Waals surface area contributed by atoms with Crippen LogP contribution in [0.2, 0.25) is 0 Å². The molecule has 0 saturated carbocycles. The maximum absolute atomic E-state index is 14.3. The number of hydrogen-bond donors (Lipinski definition) is 1. The summed E-state index contributed by atoms with van der Waals surface area (Å²) in [4.78, 5) is 27.2. The van der Waals surface area contributed by atoms with Crippen molar-refractivity contribution in [2.45, 2.75) is 34.2 Å². The molecule has 0 saturated heterocycles. The smallest absolute Gasteiger partial charge is 0.408 e. The van der Waals surface area contributed by atoms with E-state index in [0.29, 0.717) is 31.1 Å². The Balaban J connectivity index is 1.76. The molecular weight excluding hydrogens is 476 g/mol. The van der Waals surface area contributed by atoms with Crippen LogP contribution in [-0.4, -0.2) is 34.6 Å². The Morgan fingerprint density at radius 2 is 1.65 bits per heavy atom. The largest absolute Gasteiger partial charge is 0.415 e. The fourth-order valence-electron chi connectivity index (χ4n) is 4.46. The maximum Gasteiger partial charge on any atom is 0.415 e. The van der Waals surface area contributed by atoms with Crippen LogP contribution in [0.5, 0.6) is 5.75 Å². The van der Waals surface area contributed by atoms with Gasteiger partial charge in [-0.15, -0.1) is 0 Å². The average Bonchev–Trinajstić information content (AvgIpc) is 3.23. The van der Waals surface area contributed by atoms with Gasteiger partial charge in [-0.2, -0.15) is 0 Å². The van der Waals surface area contributed by atoms with Crippen molar-refractivity contribution in [3.63, 3.8) is 0 Å². The molecule has 1 N–H and O–H groups in total. The van der Waals surface area contributed by atoms with Gasteiger partial charge in [-0.1, -0.05) is 29.3 Å². The highest BCUT2D eigenvalue weighted by Crippen LogP contribution is 2.35. The van der Waals surface area contributed by atoms with Gasteiger partial charge in [-0.3, -0.25) is 4.79 Å². The van der Waals surface area contributed by atoms with Crippen molar-refractivity contribution in [3.8, 4) is 5.75 Å². The predicted octanol–water partition coefficient (Wildman–Crippen LogP) is 6.68. The molecule has 37 heavy (non-hydrogen) atoms. The van der Waals surface area contributed by atoms with E-state index in [4.69, 9.17) is 4.74 Å². The molecule has 3 aromatic carbocycles. The van der Waals surface area contributed by atoms with Crippen molar-refractivity contribution in [2.24, 2.45) is 0 Å². The van der Waals surface area contributed by atoms with Gasteiger partial charge in [0.15, 0.2) is 5.75 Å². The highest BCUT2D eigenvalue weighted by molar-refractivity contribution is 6.10. The molecule has 8 heteroatoms. The van der Waals surface area contributed by atoms with E-state index in [0.717, 1.165) is 34.3 Å². The van der Waals surface area contributed by atoms with E-state index in [2.05, 4.69) is 23.5 Å². The van der Waals surface area contributed by atoms with E-state index in [1.54, 1.807) is 6.07 Å². The fraction of sp³-hybridized carbons (Fsp3) is 0.241. The molecule has 0 bridgehead atoms. The van der Waals surface area contributed by atoms with Crippen LogP contribution < -0.4 is 10.1 Å². The highest BCUT2D eigenvalue weighted by atomic mass is 19.1. The van der Waals surface area contributed by atoms with Gasteiger partial charge in [0.1, 0.15) is 11.6 Å². The molecular formula is C29H29F2N3O3. The van der Waals surface area contributed by atoms with Crippen molar-refractivity contribution >= 4 is 28.6 Å². The second kappa shape index (κ2) is 10.8. The Morgan fingerprint density at radius 3 is 2.30 bits per heavy atom. The summed E-state index contributed by atoms with van der Waals surface area (Å²) < 4.78 is 35.4. The maximum atomic E-state index is 14.3. The normalized spacial score (nSPS) is 11.0. The molecule has 0 aliphatic carbocycles. The van der Waals surface area contributed by atoms with Crippen molar-refractivity contribution < 1.29 is 23.1 Å². The number of carbonyl (C=O) groups is 2. The molecule has 2 amide bonds. The number of benzene rings is 3. The van der Waals surface area contributed by atoms with Gasteiger partial charge in [-0.25, -0.2) is 13.6 Å². The van der Waals surface area contributed by atoms with Crippen molar-refractivity contribution in [1.82, 2.24) is 9.47 Å². The third-order valence-electron chi connectivity index (χ3n) is 6.18. The van der Waals surface area contributed by atoms with E-state index in [9.17, 15) is 18.4 Å². The SMILES string of the molecule is CCN(CC)C(=O)Oc1ccc2c(ccn2Cc2cc(C)cc(C)c2)c1NC(=O)c1ccc(F)cc1F. The zero-order valence-electron chi connectivity index (χ0n) is 21.3. The lowest BCUT2D eigenvalue weighted by atomic mass is 10.1. The van der Waals surface area contributed by atoms with Gasteiger partial charge in [-0.05, 0) is 63.6 Å². The number of ether oxygens (including phenoxy) is 1. The van der Waals surface area contributed by atoms with Crippen molar-refractivity contribution in [1.29, 1.82) is 0 Å². The first kappa shape index (κ1) is 25.9. The number of aryl methyl sites for hydroxylation is 2. The van der Waals surface area contributed by atoms with Gasteiger partial charge >= 0.3 is 6.09 Å². The number of hydrogen-bond acceptors (Lipinski definition) is 3. The quantitative estimate of drug-likeness (QED) is 0.305. The van der Waals surface area contributed by atoms with Gasteiger partial charge in [0.25, 0.3) is 5.91 Å². The number of anilines is 1. The van der Waals surface area contributed by atoms with E-state index >= 15 is 0 Å². The molecule has 192 valence electrons. The third-order valence-corrected chi connectivity index (χ3v) is 6.18. The Bertz CT molecular complexity index is 1450. The van der Waals surface area contributed by atoms with Crippen LogP contribution in [0.3, 0.4) is 0 Å². The number of rotatable bonds is 7. The second-order valence-corrected chi connectivity index (χ2v) is 8.93. The van der Waals surface area contributed by atoms with Gasteiger partial charge < -0.3 is 19.5 Å². The monoisotopic (exact) mass is 505 g/mol. The number of aromatic nitrogens is 1. The Morgan fingerprint density at radius 1 is 0.946 bits per heavy atom. The lowest BCUT2D eigenvalue weighted by Gasteiger charge is -2.20. The number of nitrogens with zero attached hydrogens (tertiary/aromatic N) is 2. The third kappa shape index (κ3) is 5.63. The van der Waals surface area contributed by atoms with E-state index in [1.807, 2.05) is 50.6 Å². The summed E-state index contributed by atoms with van der Waals surface area (Å²) in [6.45, 7) is 9.25. The molecule has 0 unspecified atom stereocenters. The van der Waals surface area contributed by atoms with Crippen LogP contribution >= 0.6 is 0 Å². The van der Waals surface area contributed by atoms with Gasteiger partial charge in [0, 0.05) is 37.3 Å².